The van der Waals surface area contributed by atoms with Crippen molar-refractivity contribution < 1.29 is 4.48 Å². The van der Waals surface area contributed by atoms with Crippen LogP contribution in [0.25, 0.3) is 0 Å². The smallest absolute Gasteiger partial charge is 0.206 e. The van der Waals surface area contributed by atoms with Gasteiger partial charge >= 0.3 is 0 Å². The van der Waals surface area contributed by atoms with Crippen LogP contribution in [-0.4, -0.2) is 37.4 Å². The summed E-state index contributed by atoms with van der Waals surface area (Å²) in [6.07, 6.45) is 0. The summed E-state index contributed by atoms with van der Waals surface area (Å²) in [5.41, 5.74) is 6.85. The summed E-state index contributed by atoms with van der Waals surface area (Å²) in [4.78, 5) is 0. The summed E-state index contributed by atoms with van der Waals surface area (Å²) in [5, 5.41) is 0. The molecule has 0 saturated heterocycles. The van der Waals surface area contributed by atoms with E-state index < -0.39 is 0 Å². The molecule has 0 heterocycles. The van der Waals surface area contributed by atoms with Crippen LogP contribution in [0.5, 0.6) is 0 Å². The van der Waals surface area contributed by atoms with Gasteiger partial charge in [0, 0.05) is 0 Å². The molecule has 0 bridgehead atoms. The molecular weight excluding hydrogens is 313 g/mol. The third kappa shape index (κ3) is 6.02. The lowest BCUT2D eigenvalue weighted by Crippen LogP contribution is -2.47. The molecule has 0 aliphatic heterocycles. The van der Waals surface area contributed by atoms with Crippen molar-refractivity contribution in [2.24, 2.45) is 0 Å². The first-order valence-corrected chi connectivity index (χ1v) is 10.3. The van der Waals surface area contributed by atoms with E-state index in [9.17, 15) is 0 Å². The molecule has 0 atom stereocenters. The molecule has 142 valence electrons. The average molecular weight is 352 g/mol. The van der Waals surface area contributed by atoms with E-state index >= 15 is 0 Å². The van der Waals surface area contributed by atoms with Gasteiger partial charge in [-0.1, -0.05) is 65.8 Å². The number of aryl methyl sites for hydroxylation is 3. The van der Waals surface area contributed by atoms with E-state index in [0.29, 0.717) is 6.71 Å². The summed E-state index contributed by atoms with van der Waals surface area (Å²) in [5.74, 6) is 0. The molecule has 0 N–H and O–H groups in total. The molecule has 0 unspecified atom stereocenters. The molecule has 0 radical (unpaired) electrons. The normalized spacial score (nSPS) is 10.9. The van der Waals surface area contributed by atoms with Crippen molar-refractivity contribution in [1.29, 1.82) is 0 Å². The number of hydrogen-bond donors (Lipinski definition) is 0. The van der Waals surface area contributed by atoms with E-state index in [4.69, 9.17) is 0 Å². The van der Waals surface area contributed by atoms with Gasteiger partial charge in [-0.05, 0) is 59.6 Å². The number of benzene rings is 2. The first-order chi connectivity index (χ1) is 12.3. The molecule has 0 fully saturated rings. The largest absolute Gasteiger partial charge is 0.325 e. The highest BCUT2D eigenvalue weighted by atomic mass is 15.3. The first kappa shape index (κ1) is 22.5. The summed E-state index contributed by atoms with van der Waals surface area (Å²) in [7, 11) is 0. The van der Waals surface area contributed by atoms with E-state index in [2.05, 4.69) is 97.8 Å². The zero-order chi connectivity index (χ0) is 19.7. The quantitative estimate of drug-likeness (QED) is 0.521. The fourth-order valence-electron chi connectivity index (χ4n) is 3.42. The Kier molecular flexibility index (Phi) is 9.15. The van der Waals surface area contributed by atoms with Gasteiger partial charge in [0.1, 0.15) is 0 Å². The van der Waals surface area contributed by atoms with Crippen molar-refractivity contribution in [2.45, 2.75) is 55.3 Å². The van der Waals surface area contributed by atoms with Gasteiger partial charge in [0.25, 0.3) is 0 Å². The summed E-state index contributed by atoms with van der Waals surface area (Å²) >= 11 is 0. The van der Waals surface area contributed by atoms with E-state index in [0.717, 1.165) is 0 Å². The molecule has 0 aliphatic rings. The van der Waals surface area contributed by atoms with Crippen LogP contribution in [0.3, 0.4) is 0 Å². The highest BCUT2D eigenvalue weighted by molar-refractivity contribution is 6.84. The standard InChI is InChI=1S/C16H19B.C8H20N/c1-12-5-8-15(9-6-12)17(4)16-10-7-13(2)14(3)11-16;1-5-9(6-2,7-3)8-4/h5-11H,1-4H3;5-8H2,1-4H3/q;+1. The van der Waals surface area contributed by atoms with Crippen molar-refractivity contribution >= 4 is 17.6 Å². The van der Waals surface area contributed by atoms with Gasteiger partial charge in [0.2, 0.25) is 6.71 Å². The van der Waals surface area contributed by atoms with E-state index in [1.54, 1.807) is 0 Å². The molecule has 2 aromatic rings. The van der Waals surface area contributed by atoms with Crippen LogP contribution in [0.2, 0.25) is 6.82 Å². The second-order valence-electron chi connectivity index (χ2n) is 7.58. The Morgan fingerprint density at radius 3 is 1.50 bits per heavy atom. The molecular formula is C24H39BN+. The van der Waals surface area contributed by atoms with Crippen molar-refractivity contribution in [3.63, 3.8) is 0 Å². The van der Waals surface area contributed by atoms with Gasteiger partial charge in [-0.2, -0.15) is 0 Å². The fourth-order valence-corrected chi connectivity index (χ4v) is 3.42. The molecule has 0 aromatic heterocycles. The minimum absolute atomic E-state index is 0.467. The highest BCUT2D eigenvalue weighted by Crippen LogP contribution is 2.05. The minimum atomic E-state index is 0.467. The second kappa shape index (κ2) is 10.6. The van der Waals surface area contributed by atoms with Gasteiger partial charge in [0.15, 0.2) is 0 Å². The van der Waals surface area contributed by atoms with E-state index in [1.165, 1.54) is 58.3 Å². The van der Waals surface area contributed by atoms with Crippen LogP contribution in [0.1, 0.15) is 44.4 Å². The van der Waals surface area contributed by atoms with Gasteiger partial charge < -0.3 is 4.48 Å². The lowest BCUT2D eigenvalue weighted by molar-refractivity contribution is -0.921. The Morgan fingerprint density at radius 2 is 1.12 bits per heavy atom. The number of quaternary nitrogens is 1. The molecule has 0 saturated carbocycles. The van der Waals surface area contributed by atoms with Crippen LogP contribution in [0.15, 0.2) is 42.5 Å². The second-order valence-corrected chi connectivity index (χ2v) is 7.58. The topological polar surface area (TPSA) is 0 Å². The Morgan fingerprint density at radius 1 is 0.654 bits per heavy atom. The van der Waals surface area contributed by atoms with E-state index in [1.807, 2.05) is 0 Å². The molecule has 0 amide bonds. The maximum atomic E-state index is 2.31. The maximum absolute atomic E-state index is 2.31. The van der Waals surface area contributed by atoms with Crippen LogP contribution < -0.4 is 10.9 Å². The fraction of sp³-hybridized carbons (Fsp3) is 0.500. The van der Waals surface area contributed by atoms with Crippen molar-refractivity contribution in [3.05, 3.63) is 59.2 Å². The van der Waals surface area contributed by atoms with Crippen LogP contribution in [0, 0.1) is 20.8 Å². The first-order valence-electron chi connectivity index (χ1n) is 10.3. The highest BCUT2D eigenvalue weighted by Gasteiger charge is 2.16. The predicted molar refractivity (Wildman–Crippen MR) is 120 cm³/mol. The predicted octanol–water partition coefficient (Wildman–Crippen LogP) is 4.73. The third-order valence-corrected chi connectivity index (χ3v) is 6.29. The zero-order valence-corrected chi connectivity index (χ0v) is 18.4. The molecule has 0 aliphatic carbocycles. The van der Waals surface area contributed by atoms with Crippen LogP contribution in [-0.2, 0) is 0 Å². The third-order valence-electron chi connectivity index (χ3n) is 6.29. The number of rotatable bonds is 6. The minimum Gasteiger partial charge on any atom is -0.325 e. The molecule has 2 rings (SSSR count). The monoisotopic (exact) mass is 352 g/mol. The maximum Gasteiger partial charge on any atom is 0.206 e. The summed E-state index contributed by atoms with van der Waals surface area (Å²) < 4.78 is 1.28. The van der Waals surface area contributed by atoms with Crippen molar-refractivity contribution in [3.8, 4) is 0 Å². The SMILES string of the molecule is CB(c1ccc(C)cc1)c1ccc(C)c(C)c1.CC[N+](CC)(CC)CC. The molecule has 2 heteroatoms. The van der Waals surface area contributed by atoms with Gasteiger partial charge in [-0.15, -0.1) is 0 Å². The van der Waals surface area contributed by atoms with E-state index in [-0.39, 0.29) is 0 Å². The van der Waals surface area contributed by atoms with Gasteiger partial charge in [0.05, 0.1) is 26.2 Å². The van der Waals surface area contributed by atoms with Crippen LogP contribution in [0.4, 0.5) is 0 Å². The molecule has 2 aromatic carbocycles. The summed E-state index contributed by atoms with van der Waals surface area (Å²) in [6.45, 7) is 23.4. The molecule has 0 spiro atoms. The Hall–Kier alpha value is -1.54. The van der Waals surface area contributed by atoms with Crippen molar-refractivity contribution in [2.75, 3.05) is 26.2 Å². The van der Waals surface area contributed by atoms with Crippen LogP contribution >= 0.6 is 0 Å². The molecule has 26 heavy (non-hydrogen) atoms. The lowest BCUT2D eigenvalue weighted by atomic mass is 9.42. The summed E-state index contributed by atoms with van der Waals surface area (Å²) in [6, 6.07) is 15.6. The van der Waals surface area contributed by atoms with Gasteiger partial charge in [-0.25, -0.2) is 0 Å². The van der Waals surface area contributed by atoms with Crippen molar-refractivity contribution in [1.82, 2.24) is 0 Å². The number of hydrogen-bond acceptors (Lipinski definition) is 0. The Balaban J connectivity index is 0.000000321. The lowest BCUT2D eigenvalue weighted by Gasteiger charge is -2.34. The molecule has 1 nitrogen and oxygen atoms in total. The zero-order valence-electron chi connectivity index (χ0n) is 18.4. The Bertz CT molecular complexity index is 639. The van der Waals surface area contributed by atoms with Gasteiger partial charge in [-0.3, -0.25) is 0 Å². The number of nitrogens with zero attached hydrogens (tertiary/aromatic N) is 1. The average Bonchev–Trinajstić information content (AvgIpc) is 2.67. The Labute approximate surface area is 163 Å².